The standard InChI is InChI=1S/C12H13N3O3/c1-8-6-13-10(18-8)7-15-11(16)4-5-14(12(15)17)9-2-3-9/h4-6,9H,2-3,7H2,1H3. The van der Waals surface area contributed by atoms with Crippen LogP contribution >= 0.6 is 0 Å². The number of rotatable bonds is 3. The molecule has 0 bridgehead atoms. The van der Waals surface area contributed by atoms with E-state index in [4.69, 9.17) is 4.42 Å². The van der Waals surface area contributed by atoms with E-state index in [1.54, 1.807) is 23.9 Å². The Kier molecular flexibility index (Phi) is 2.43. The summed E-state index contributed by atoms with van der Waals surface area (Å²) in [5.74, 6) is 1.04. The molecule has 18 heavy (non-hydrogen) atoms. The molecule has 0 unspecified atom stereocenters. The molecule has 0 aromatic carbocycles. The Balaban J connectivity index is 2.02. The van der Waals surface area contributed by atoms with Gasteiger partial charge in [0, 0.05) is 18.3 Å². The monoisotopic (exact) mass is 247 g/mol. The van der Waals surface area contributed by atoms with Crippen LogP contribution in [0.4, 0.5) is 0 Å². The molecule has 2 aromatic heterocycles. The second-order valence-corrected chi connectivity index (χ2v) is 4.53. The van der Waals surface area contributed by atoms with E-state index in [0.29, 0.717) is 11.7 Å². The molecule has 0 radical (unpaired) electrons. The van der Waals surface area contributed by atoms with Gasteiger partial charge in [0.1, 0.15) is 12.3 Å². The van der Waals surface area contributed by atoms with Crippen molar-refractivity contribution in [3.05, 3.63) is 50.9 Å². The maximum atomic E-state index is 12.1. The van der Waals surface area contributed by atoms with Crippen LogP contribution in [0.5, 0.6) is 0 Å². The van der Waals surface area contributed by atoms with Crippen molar-refractivity contribution in [2.24, 2.45) is 0 Å². The lowest BCUT2D eigenvalue weighted by Gasteiger charge is -2.06. The van der Waals surface area contributed by atoms with Gasteiger partial charge in [0.05, 0.1) is 6.20 Å². The van der Waals surface area contributed by atoms with Gasteiger partial charge in [-0.1, -0.05) is 0 Å². The van der Waals surface area contributed by atoms with E-state index >= 15 is 0 Å². The zero-order valence-corrected chi connectivity index (χ0v) is 10.00. The van der Waals surface area contributed by atoms with Gasteiger partial charge in [-0.05, 0) is 19.8 Å². The van der Waals surface area contributed by atoms with Gasteiger partial charge in [0.2, 0.25) is 5.89 Å². The van der Waals surface area contributed by atoms with Gasteiger partial charge in [-0.15, -0.1) is 0 Å². The molecule has 6 nitrogen and oxygen atoms in total. The van der Waals surface area contributed by atoms with E-state index < -0.39 is 0 Å². The van der Waals surface area contributed by atoms with Crippen LogP contribution in [0.3, 0.4) is 0 Å². The van der Waals surface area contributed by atoms with Crippen LogP contribution < -0.4 is 11.2 Å². The summed E-state index contributed by atoms with van der Waals surface area (Å²) in [6.45, 7) is 1.85. The number of aromatic nitrogens is 3. The molecule has 0 N–H and O–H groups in total. The molecule has 2 aromatic rings. The van der Waals surface area contributed by atoms with Gasteiger partial charge in [-0.2, -0.15) is 0 Å². The lowest BCUT2D eigenvalue weighted by Crippen LogP contribution is -2.39. The van der Waals surface area contributed by atoms with Crippen LogP contribution in [0.15, 0.2) is 32.5 Å². The minimum atomic E-state index is -0.326. The second-order valence-electron chi connectivity index (χ2n) is 4.53. The molecule has 0 amide bonds. The normalized spacial score (nSPS) is 14.9. The zero-order valence-electron chi connectivity index (χ0n) is 10.00. The highest BCUT2D eigenvalue weighted by molar-refractivity contribution is 4.96. The average Bonchev–Trinajstić information content (AvgIpc) is 3.08. The highest BCUT2D eigenvalue weighted by Gasteiger charge is 2.25. The lowest BCUT2D eigenvalue weighted by atomic mass is 10.5. The van der Waals surface area contributed by atoms with Crippen LogP contribution in [0.1, 0.15) is 30.5 Å². The minimum absolute atomic E-state index is 0.0824. The summed E-state index contributed by atoms with van der Waals surface area (Å²) in [5, 5.41) is 0. The first-order valence-corrected chi connectivity index (χ1v) is 5.88. The van der Waals surface area contributed by atoms with Gasteiger partial charge in [-0.25, -0.2) is 9.78 Å². The highest BCUT2D eigenvalue weighted by Crippen LogP contribution is 2.32. The number of oxazole rings is 1. The lowest BCUT2D eigenvalue weighted by molar-refractivity contribution is 0.443. The van der Waals surface area contributed by atoms with Gasteiger partial charge >= 0.3 is 5.69 Å². The Morgan fingerprint density at radius 3 is 2.83 bits per heavy atom. The Morgan fingerprint density at radius 2 is 2.22 bits per heavy atom. The van der Waals surface area contributed by atoms with Crippen LogP contribution in [0.25, 0.3) is 0 Å². The SMILES string of the molecule is Cc1cnc(Cn2c(=O)ccn(C3CC3)c2=O)o1. The first-order chi connectivity index (χ1) is 8.65. The Hall–Kier alpha value is -2.11. The fraction of sp³-hybridized carbons (Fsp3) is 0.417. The molecule has 0 saturated heterocycles. The summed E-state index contributed by atoms with van der Waals surface area (Å²) in [4.78, 5) is 27.9. The van der Waals surface area contributed by atoms with E-state index in [9.17, 15) is 9.59 Å². The summed E-state index contributed by atoms with van der Waals surface area (Å²) in [6, 6.07) is 1.66. The van der Waals surface area contributed by atoms with Crippen molar-refractivity contribution in [3.63, 3.8) is 0 Å². The number of aryl methyl sites for hydroxylation is 1. The minimum Gasteiger partial charge on any atom is -0.444 e. The van der Waals surface area contributed by atoms with Crippen molar-refractivity contribution in [2.45, 2.75) is 32.4 Å². The zero-order chi connectivity index (χ0) is 12.7. The van der Waals surface area contributed by atoms with E-state index in [-0.39, 0.29) is 23.8 Å². The number of hydrogen-bond donors (Lipinski definition) is 0. The molecule has 94 valence electrons. The van der Waals surface area contributed by atoms with Gasteiger partial charge in [0.15, 0.2) is 0 Å². The van der Waals surface area contributed by atoms with Gasteiger partial charge < -0.3 is 4.42 Å². The summed E-state index contributed by atoms with van der Waals surface area (Å²) in [7, 11) is 0. The molecule has 6 heteroatoms. The first-order valence-electron chi connectivity index (χ1n) is 5.88. The molecule has 1 aliphatic carbocycles. The third kappa shape index (κ3) is 1.90. The van der Waals surface area contributed by atoms with Crippen LogP contribution in [0, 0.1) is 6.92 Å². The maximum Gasteiger partial charge on any atom is 0.331 e. The van der Waals surface area contributed by atoms with Crippen molar-refractivity contribution < 1.29 is 4.42 Å². The van der Waals surface area contributed by atoms with Crippen LogP contribution in [0.2, 0.25) is 0 Å². The van der Waals surface area contributed by atoms with Crippen LogP contribution in [-0.2, 0) is 6.54 Å². The summed E-state index contributed by atoms with van der Waals surface area (Å²) < 4.78 is 8.06. The smallest absolute Gasteiger partial charge is 0.331 e. The molecule has 0 spiro atoms. The van der Waals surface area contributed by atoms with Crippen molar-refractivity contribution in [2.75, 3.05) is 0 Å². The molecule has 1 fully saturated rings. The third-order valence-electron chi connectivity index (χ3n) is 3.00. The molecule has 1 saturated carbocycles. The van der Waals surface area contributed by atoms with Crippen LogP contribution in [-0.4, -0.2) is 14.1 Å². The Bertz CT molecular complexity index is 691. The number of nitrogens with zero attached hydrogens (tertiary/aromatic N) is 3. The highest BCUT2D eigenvalue weighted by atomic mass is 16.4. The Labute approximate surface area is 103 Å². The number of hydrogen-bond acceptors (Lipinski definition) is 4. The van der Waals surface area contributed by atoms with Gasteiger partial charge in [-0.3, -0.25) is 13.9 Å². The molecule has 2 heterocycles. The van der Waals surface area contributed by atoms with E-state index in [0.717, 1.165) is 17.4 Å². The molecular weight excluding hydrogens is 234 g/mol. The predicted molar refractivity (Wildman–Crippen MR) is 63.6 cm³/mol. The molecule has 3 rings (SSSR count). The predicted octanol–water partition coefficient (Wildman–Crippen LogP) is 0.690. The quantitative estimate of drug-likeness (QED) is 0.800. The molecular formula is C12H13N3O3. The average molecular weight is 247 g/mol. The van der Waals surface area contributed by atoms with E-state index in [1.807, 2.05) is 0 Å². The van der Waals surface area contributed by atoms with Crippen molar-refractivity contribution in [1.29, 1.82) is 0 Å². The summed E-state index contributed by atoms with van der Waals surface area (Å²) in [6.07, 6.45) is 5.13. The molecule has 0 aliphatic heterocycles. The van der Waals surface area contributed by atoms with Crippen molar-refractivity contribution >= 4 is 0 Å². The fourth-order valence-electron chi connectivity index (χ4n) is 1.92. The largest absolute Gasteiger partial charge is 0.444 e. The van der Waals surface area contributed by atoms with E-state index in [2.05, 4.69) is 4.98 Å². The summed E-state index contributed by atoms with van der Waals surface area (Å²) >= 11 is 0. The third-order valence-corrected chi connectivity index (χ3v) is 3.00. The second kappa shape index (κ2) is 3.97. The molecule has 0 atom stereocenters. The Morgan fingerprint density at radius 1 is 1.44 bits per heavy atom. The topological polar surface area (TPSA) is 70.0 Å². The summed E-state index contributed by atoms with van der Waals surface area (Å²) in [5.41, 5.74) is -0.617. The molecule has 1 aliphatic rings. The van der Waals surface area contributed by atoms with Gasteiger partial charge in [0.25, 0.3) is 5.56 Å². The van der Waals surface area contributed by atoms with E-state index in [1.165, 1.54) is 6.07 Å². The fourth-order valence-corrected chi connectivity index (χ4v) is 1.92. The van der Waals surface area contributed by atoms with Crippen molar-refractivity contribution in [3.8, 4) is 0 Å². The first kappa shape index (κ1) is 11.0. The maximum absolute atomic E-state index is 12.1. The van der Waals surface area contributed by atoms with Crippen molar-refractivity contribution in [1.82, 2.24) is 14.1 Å².